The van der Waals surface area contributed by atoms with Crippen molar-refractivity contribution in [3.8, 4) is 11.5 Å². The van der Waals surface area contributed by atoms with Crippen LogP contribution in [0.25, 0.3) is 0 Å². The Balaban J connectivity index is 2.34. The number of aromatic nitrogens is 1. The number of hydrogen-bond donors (Lipinski definition) is 1. The minimum atomic E-state index is -0.657. The Hall–Kier alpha value is -2.06. The molecule has 0 fully saturated rings. The van der Waals surface area contributed by atoms with Crippen LogP contribution in [0.1, 0.15) is 18.7 Å². The lowest BCUT2D eigenvalue weighted by Crippen LogP contribution is -2.06. The van der Waals surface area contributed by atoms with Crippen molar-refractivity contribution in [2.75, 3.05) is 0 Å². The highest BCUT2D eigenvalue weighted by Gasteiger charge is 2.19. The number of nitrogens with zero attached hydrogens (tertiary/aromatic N) is 2. The molecule has 0 aliphatic heterocycles. The van der Waals surface area contributed by atoms with E-state index in [1.165, 1.54) is 6.20 Å². The summed E-state index contributed by atoms with van der Waals surface area (Å²) in [5.41, 5.74) is 5.97. The van der Waals surface area contributed by atoms with Crippen LogP contribution < -0.4 is 10.5 Å². The van der Waals surface area contributed by atoms with Crippen LogP contribution in [0.5, 0.6) is 11.5 Å². The van der Waals surface area contributed by atoms with Crippen molar-refractivity contribution >= 4 is 21.6 Å². The molecule has 1 heterocycles. The summed E-state index contributed by atoms with van der Waals surface area (Å²) in [5.74, 6) is -0.601. The normalized spacial score (nSPS) is 12.0. The lowest BCUT2D eigenvalue weighted by molar-refractivity contribution is -0.385. The molecule has 2 rings (SSSR count). The van der Waals surface area contributed by atoms with Gasteiger partial charge in [-0.3, -0.25) is 15.1 Å². The molecule has 1 aromatic carbocycles. The van der Waals surface area contributed by atoms with E-state index in [1.807, 2.05) is 0 Å². The van der Waals surface area contributed by atoms with Crippen LogP contribution in [0, 0.1) is 15.9 Å². The fraction of sp³-hybridized carbons (Fsp3) is 0.154. The zero-order valence-electron chi connectivity index (χ0n) is 10.9. The summed E-state index contributed by atoms with van der Waals surface area (Å²) >= 11 is 2.90. The van der Waals surface area contributed by atoms with Crippen LogP contribution in [-0.2, 0) is 0 Å². The van der Waals surface area contributed by atoms with Gasteiger partial charge in [-0.15, -0.1) is 0 Å². The van der Waals surface area contributed by atoms with Gasteiger partial charge < -0.3 is 10.5 Å². The third-order valence-electron chi connectivity index (χ3n) is 2.65. The van der Waals surface area contributed by atoms with Gasteiger partial charge in [-0.2, -0.15) is 0 Å². The second-order valence-corrected chi connectivity index (χ2v) is 5.15. The van der Waals surface area contributed by atoms with Gasteiger partial charge in [0.25, 0.3) is 0 Å². The Bertz CT molecular complexity index is 677. The van der Waals surface area contributed by atoms with Crippen molar-refractivity contribution in [2.24, 2.45) is 5.73 Å². The lowest BCUT2D eigenvalue weighted by atomic mass is 10.2. The number of benzene rings is 1. The first kappa shape index (κ1) is 15.3. The summed E-state index contributed by atoms with van der Waals surface area (Å²) in [4.78, 5) is 14.4. The zero-order chi connectivity index (χ0) is 15.6. The van der Waals surface area contributed by atoms with Crippen molar-refractivity contribution in [1.82, 2.24) is 4.98 Å². The number of nitro benzene ring substituents is 1. The Morgan fingerprint density at radius 3 is 2.71 bits per heavy atom. The minimum absolute atomic E-state index is 0.00743. The molecule has 2 aromatic rings. The van der Waals surface area contributed by atoms with Gasteiger partial charge in [-0.1, -0.05) is 0 Å². The van der Waals surface area contributed by atoms with Gasteiger partial charge in [-0.05, 0) is 35.0 Å². The van der Waals surface area contributed by atoms with Crippen LogP contribution in [0.4, 0.5) is 10.1 Å². The predicted molar refractivity (Wildman–Crippen MR) is 77.7 cm³/mol. The molecule has 0 radical (unpaired) electrons. The largest absolute Gasteiger partial charge is 0.448 e. The van der Waals surface area contributed by atoms with Gasteiger partial charge in [0.2, 0.25) is 5.75 Å². The van der Waals surface area contributed by atoms with Gasteiger partial charge in [0.1, 0.15) is 11.6 Å². The first-order chi connectivity index (χ1) is 9.88. The topological polar surface area (TPSA) is 91.3 Å². The molecule has 0 bridgehead atoms. The molecule has 1 aromatic heterocycles. The van der Waals surface area contributed by atoms with Gasteiger partial charge in [-0.25, -0.2) is 4.39 Å². The SMILES string of the molecule is C[C@@H](N)c1ccc(Oc2cc(F)c(Br)cc2[N+](=O)[O-])cn1. The van der Waals surface area contributed by atoms with Gasteiger partial charge in [0.15, 0.2) is 0 Å². The summed E-state index contributed by atoms with van der Waals surface area (Å²) in [6.45, 7) is 1.78. The smallest absolute Gasteiger partial charge is 0.312 e. The van der Waals surface area contributed by atoms with Crippen LogP contribution in [-0.4, -0.2) is 9.91 Å². The highest BCUT2D eigenvalue weighted by atomic mass is 79.9. The predicted octanol–water partition coefficient (Wildman–Crippen LogP) is 3.70. The second-order valence-electron chi connectivity index (χ2n) is 4.30. The van der Waals surface area contributed by atoms with E-state index in [1.54, 1.807) is 19.1 Å². The standard InChI is InChI=1S/C13H11BrFN3O3/c1-7(16)11-3-2-8(6-17-11)21-13-5-10(15)9(14)4-12(13)18(19)20/h2-7H,16H2,1H3/t7-/m1/s1. The average molecular weight is 356 g/mol. The number of nitro groups is 1. The molecular weight excluding hydrogens is 345 g/mol. The molecule has 0 unspecified atom stereocenters. The van der Waals surface area contributed by atoms with E-state index in [0.29, 0.717) is 5.69 Å². The molecule has 8 heteroatoms. The van der Waals surface area contributed by atoms with E-state index in [-0.39, 0.29) is 27.7 Å². The first-order valence-electron chi connectivity index (χ1n) is 5.91. The van der Waals surface area contributed by atoms with Crippen molar-refractivity contribution in [3.63, 3.8) is 0 Å². The van der Waals surface area contributed by atoms with Crippen molar-refractivity contribution < 1.29 is 14.1 Å². The minimum Gasteiger partial charge on any atom is -0.448 e. The zero-order valence-corrected chi connectivity index (χ0v) is 12.5. The highest BCUT2D eigenvalue weighted by molar-refractivity contribution is 9.10. The summed E-state index contributed by atoms with van der Waals surface area (Å²) in [7, 11) is 0. The molecule has 0 amide bonds. The van der Waals surface area contributed by atoms with Gasteiger partial charge in [0.05, 0.1) is 21.3 Å². The molecule has 110 valence electrons. The molecule has 0 saturated heterocycles. The third kappa shape index (κ3) is 3.53. The number of rotatable bonds is 4. The Morgan fingerprint density at radius 2 is 2.19 bits per heavy atom. The molecule has 0 aliphatic rings. The monoisotopic (exact) mass is 355 g/mol. The molecular formula is C13H11BrFN3O3. The summed E-state index contributed by atoms with van der Waals surface area (Å²) < 4.78 is 18.8. The summed E-state index contributed by atoms with van der Waals surface area (Å²) in [6.07, 6.45) is 1.38. The summed E-state index contributed by atoms with van der Waals surface area (Å²) in [6, 6.07) is 4.96. The number of pyridine rings is 1. The van der Waals surface area contributed by atoms with E-state index in [0.717, 1.165) is 12.1 Å². The van der Waals surface area contributed by atoms with Crippen molar-refractivity contribution in [2.45, 2.75) is 13.0 Å². The summed E-state index contributed by atoms with van der Waals surface area (Å²) in [5, 5.41) is 11.0. The number of nitrogens with two attached hydrogens (primary N) is 1. The molecule has 0 aliphatic carbocycles. The van der Waals surface area contributed by atoms with Crippen LogP contribution in [0.3, 0.4) is 0 Å². The first-order valence-corrected chi connectivity index (χ1v) is 6.70. The third-order valence-corrected chi connectivity index (χ3v) is 3.26. The Morgan fingerprint density at radius 1 is 1.48 bits per heavy atom. The van der Waals surface area contributed by atoms with Gasteiger partial charge >= 0.3 is 5.69 Å². The molecule has 0 saturated carbocycles. The molecule has 2 N–H and O–H groups in total. The van der Waals surface area contributed by atoms with E-state index in [4.69, 9.17) is 10.5 Å². The van der Waals surface area contributed by atoms with Crippen molar-refractivity contribution in [3.05, 3.63) is 56.6 Å². The number of hydrogen-bond acceptors (Lipinski definition) is 5. The van der Waals surface area contributed by atoms with E-state index >= 15 is 0 Å². The fourth-order valence-corrected chi connectivity index (χ4v) is 1.92. The van der Waals surface area contributed by atoms with Crippen LogP contribution in [0.15, 0.2) is 34.9 Å². The second kappa shape index (κ2) is 6.15. The lowest BCUT2D eigenvalue weighted by Gasteiger charge is -2.09. The highest BCUT2D eigenvalue weighted by Crippen LogP contribution is 2.35. The average Bonchev–Trinajstić information content (AvgIpc) is 2.43. The van der Waals surface area contributed by atoms with Crippen LogP contribution >= 0.6 is 15.9 Å². The Kier molecular flexibility index (Phi) is 4.49. The fourth-order valence-electron chi connectivity index (χ4n) is 1.59. The molecule has 1 atom stereocenters. The van der Waals surface area contributed by atoms with E-state index in [2.05, 4.69) is 20.9 Å². The van der Waals surface area contributed by atoms with Crippen LogP contribution in [0.2, 0.25) is 0 Å². The Labute approximate surface area is 128 Å². The number of halogens is 2. The maximum Gasteiger partial charge on any atom is 0.312 e. The maximum absolute atomic E-state index is 13.5. The van der Waals surface area contributed by atoms with Crippen molar-refractivity contribution in [1.29, 1.82) is 0 Å². The van der Waals surface area contributed by atoms with Gasteiger partial charge in [0, 0.05) is 18.2 Å². The van der Waals surface area contributed by atoms with E-state index < -0.39 is 10.7 Å². The van der Waals surface area contributed by atoms with E-state index in [9.17, 15) is 14.5 Å². The number of ether oxygens (including phenoxy) is 1. The molecule has 6 nitrogen and oxygen atoms in total. The molecule has 0 spiro atoms. The quantitative estimate of drug-likeness (QED) is 0.666. The molecule has 21 heavy (non-hydrogen) atoms. The maximum atomic E-state index is 13.5.